The highest BCUT2D eigenvalue weighted by atomic mass is 32.2. The Labute approximate surface area is 127 Å². The van der Waals surface area contributed by atoms with Gasteiger partial charge in [-0.3, -0.25) is 9.10 Å². The molecule has 0 saturated heterocycles. The van der Waals surface area contributed by atoms with Gasteiger partial charge in [-0.2, -0.15) is 0 Å². The van der Waals surface area contributed by atoms with E-state index in [9.17, 15) is 22.0 Å². The molecule has 0 unspecified atom stereocenters. The first-order valence-corrected chi connectivity index (χ1v) is 8.13. The van der Waals surface area contributed by atoms with E-state index >= 15 is 0 Å². The number of hydrogen-bond acceptors (Lipinski definition) is 3. The third-order valence-electron chi connectivity index (χ3n) is 3.05. The van der Waals surface area contributed by atoms with Gasteiger partial charge in [-0.05, 0) is 18.2 Å². The largest absolute Gasteiger partial charge is 0.298 e. The molecule has 0 bridgehead atoms. The second-order valence-electron chi connectivity index (χ2n) is 4.69. The Morgan fingerprint density at radius 1 is 1.09 bits per heavy atom. The Bertz CT molecular complexity index is 806. The summed E-state index contributed by atoms with van der Waals surface area (Å²) in [6.45, 7) is -0.370. The number of carbonyl (C=O) groups is 1. The van der Waals surface area contributed by atoms with Crippen LogP contribution in [0.4, 0.5) is 14.5 Å². The fourth-order valence-electron chi connectivity index (χ4n) is 1.95. The standard InChI is InChI=1S/C15H13F2NO3S/c1-22(20,21)18(15-5-3-2-4-13(15)16)9-12-7-6-11(10-19)8-14(12)17/h2-8,10H,9H2,1H3. The van der Waals surface area contributed by atoms with Crippen LogP contribution in [-0.2, 0) is 16.6 Å². The van der Waals surface area contributed by atoms with Crippen LogP contribution in [0.2, 0.25) is 0 Å². The van der Waals surface area contributed by atoms with Crippen molar-refractivity contribution in [1.82, 2.24) is 0 Å². The van der Waals surface area contributed by atoms with Crippen LogP contribution in [0.5, 0.6) is 0 Å². The average molecular weight is 325 g/mol. The van der Waals surface area contributed by atoms with E-state index in [-0.39, 0.29) is 23.4 Å². The lowest BCUT2D eigenvalue weighted by molar-refractivity contribution is 0.112. The predicted molar refractivity (Wildman–Crippen MR) is 79.2 cm³/mol. The highest BCUT2D eigenvalue weighted by Gasteiger charge is 2.22. The molecule has 2 aromatic rings. The molecule has 0 fully saturated rings. The number of halogens is 2. The molecule has 0 aliphatic heterocycles. The Kier molecular flexibility index (Phi) is 4.56. The first-order valence-electron chi connectivity index (χ1n) is 6.29. The van der Waals surface area contributed by atoms with Crippen molar-refractivity contribution in [2.75, 3.05) is 10.6 Å². The molecule has 7 heteroatoms. The van der Waals surface area contributed by atoms with Crippen molar-refractivity contribution in [1.29, 1.82) is 0 Å². The van der Waals surface area contributed by atoms with E-state index in [1.54, 1.807) is 0 Å². The van der Waals surface area contributed by atoms with Gasteiger partial charge in [0.05, 0.1) is 18.5 Å². The van der Waals surface area contributed by atoms with Crippen molar-refractivity contribution >= 4 is 22.0 Å². The number of para-hydroxylation sites is 1. The first kappa shape index (κ1) is 16.1. The molecule has 0 spiro atoms. The molecule has 0 amide bonds. The fraction of sp³-hybridized carbons (Fsp3) is 0.133. The van der Waals surface area contributed by atoms with Gasteiger partial charge in [0.2, 0.25) is 10.0 Å². The molecule has 22 heavy (non-hydrogen) atoms. The van der Waals surface area contributed by atoms with Crippen molar-refractivity contribution in [3.05, 3.63) is 65.2 Å². The van der Waals surface area contributed by atoms with Gasteiger partial charge in [-0.25, -0.2) is 17.2 Å². The van der Waals surface area contributed by atoms with Crippen LogP contribution in [0.25, 0.3) is 0 Å². The minimum Gasteiger partial charge on any atom is -0.298 e. The Morgan fingerprint density at radius 2 is 1.77 bits per heavy atom. The molecule has 0 radical (unpaired) electrons. The molecular weight excluding hydrogens is 312 g/mol. The average Bonchev–Trinajstić information content (AvgIpc) is 2.45. The maximum atomic E-state index is 13.9. The fourth-order valence-corrected chi connectivity index (χ4v) is 2.83. The second kappa shape index (κ2) is 6.23. The maximum absolute atomic E-state index is 13.9. The summed E-state index contributed by atoms with van der Waals surface area (Å²) in [4.78, 5) is 10.6. The molecule has 0 heterocycles. The summed E-state index contributed by atoms with van der Waals surface area (Å²) in [5, 5.41) is 0. The molecule has 0 saturated carbocycles. The van der Waals surface area contributed by atoms with Crippen LogP contribution in [0.1, 0.15) is 15.9 Å². The highest BCUT2D eigenvalue weighted by molar-refractivity contribution is 7.92. The van der Waals surface area contributed by atoms with Gasteiger partial charge in [-0.15, -0.1) is 0 Å². The Hall–Kier alpha value is -2.28. The number of aldehydes is 1. The van der Waals surface area contributed by atoms with E-state index in [0.717, 1.165) is 22.7 Å². The molecule has 0 aromatic heterocycles. The summed E-state index contributed by atoms with van der Waals surface area (Å²) in [6, 6.07) is 9.02. The summed E-state index contributed by atoms with van der Waals surface area (Å²) < 4.78 is 52.4. The third kappa shape index (κ3) is 3.48. The number of benzene rings is 2. The van der Waals surface area contributed by atoms with Crippen LogP contribution in [0.15, 0.2) is 42.5 Å². The molecule has 2 aromatic carbocycles. The van der Waals surface area contributed by atoms with Gasteiger partial charge in [0.15, 0.2) is 0 Å². The summed E-state index contributed by atoms with van der Waals surface area (Å²) in [5.74, 6) is -1.45. The minimum absolute atomic E-state index is 0.0410. The lowest BCUT2D eigenvalue weighted by Gasteiger charge is -2.23. The van der Waals surface area contributed by atoms with Gasteiger partial charge < -0.3 is 0 Å². The zero-order valence-corrected chi connectivity index (χ0v) is 12.5. The van der Waals surface area contributed by atoms with Crippen LogP contribution in [-0.4, -0.2) is 21.0 Å². The van der Waals surface area contributed by atoms with Gasteiger partial charge in [0.1, 0.15) is 17.9 Å². The second-order valence-corrected chi connectivity index (χ2v) is 6.60. The normalized spacial score (nSPS) is 11.2. The number of sulfonamides is 1. The predicted octanol–water partition coefficient (Wildman–Crippen LogP) is 2.74. The SMILES string of the molecule is CS(=O)(=O)N(Cc1ccc(C=O)cc1F)c1ccccc1F. The van der Waals surface area contributed by atoms with Gasteiger partial charge in [-0.1, -0.05) is 24.3 Å². The molecule has 0 aliphatic carbocycles. The number of anilines is 1. The van der Waals surface area contributed by atoms with Crippen molar-refractivity contribution in [2.24, 2.45) is 0 Å². The molecule has 2 rings (SSSR count). The van der Waals surface area contributed by atoms with Crippen molar-refractivity contribution in [3.8, 4) is 0 Å². The van der Waals surface area contributed by atoms with E-state index in [1.807, 2.05) is 0 Å². The molecule has 116 valence electrons. The Balaban J connectivity index is 2.45. The van der Waals surface area contributed by atoms with E-state index in [4.69, 9.17) is 0 Å². The summed E-state index contributed by atoms with van der Waals surface area (Å²) in [5.41, 5.74) is 0.0150. The van der Waals surface area contributed by atoms with Crippen LogP contribution in [0.3, 0.4) is 0 Å². The third-order valence-corrected chi connectivity index (χ3v) is 4.18. The highest BCUT2D eigenvalue weighted by Crippen LogP contribution is 2.24. The quantitative estimate of drug-likeness (QED) is 0.794. The summed E-state index contributed by atoms with van der Waals surface area (Å²) >= 11 is 0. The minimum atomic E-state index is -3.81. The number of carbonyl (C=O) groups excluding carboxylic acids is 1. The van der Waals surface area contributed by atoms with E-state index in [0.29, 0.717) is 6.29 Å². The maximum Gasteiger partial charge on any atom is 0.232 e. The summed E-state index contributed by atoms with van der Waals surface area (Å²) in [6.07, 6.45) is 1.40. The number of rotatable bonds is 5. The molecule has 4 nitrogen and oxygen atoms in total. The van der Waals surface area contributed by atoms with Gasteiger partial charge >= 0.3 is 0 Å². The zero-order valence-electron chi connectivity index (χ0n) is 11.7. The van der Waals surface area contributed by atoms with Crippen LogP contribution in [0, 0.1) is 11.6 Å². The molecular formula is C15H13F2NO3S. The van der Waals surface area contributed by atoms with E-state index < -0.39 is 21.7 Å². The number of nitrogens with zero attached hydrogens (tertiary/aromatic N) is 1. The van der Waals surface area contributed by atoms with Crippen molar-refractivity contribution < 1.29 is 22.0 Å². The topological polar surface area (TPSA) is 54.5 Å². The molecule has 0 atom stereocenters. The Morgan fingerprint density at radius 3 is 2.32 bits per heavy atom. The van der Waals surface area contributed by atoms with Crippen molar-refractivity contribution in [2.45, 2.75) is 6.54 Å². The van der Waals surface area contributed by atoms with Gasteiger partial charge in [0, 0.05) is 11.1 Å². The van der Waals surface area contributed by atoms with E-state index in [2.05, 4.69) is 0 Å². The monoisotopic (exact) mass is 325 g/mol. The van der Waals surface area contributed by atoms with Crippen LogP contribution < -0.4 is 4.31 Å². The smallest absolute Gasteiger partial charge is 0.232 e. The number of hydrogen-bond donors (Lipinski definition) is 0. The summed E-state index contributed by atoms with van der Waals surface area (Å²) in [7, 11) is -3.81. The van der Waals surface area contributed by atoms with Crippen LogP contribution >= 0.6 is 0 Å². The lowest BCUT2D eigenvalue weighted by Crippen LogP contribution is -2.30. The molecule has 0 N–H and O–H groups in total. The first-order chi connectivity index (χ1) is 10.3. The van der Waals surface area contributed by atoms with E-state index in [1.165, 1.54) is 30.3 Å². The molecule has 0 aliphatic rings. The lowest BCUT2D eigenvalue weighted by atomic mass is 10.1. The van der Waals surface area contributed by atoms with Gasteiger partial charge in [0.25, 0.3) is 0 Å². The zero-order chi connectivity index (χ0) is 16.3. The van der Waals surface area contributed by atoms with Crippen molar-refractivity contribution in [3.63, 3.8) is 0 Å².